The number of nitrogens with one attached hydrogen (secondary N) is 2. The number of rotatable bonds is 13. The van der Waals surface area contributed by atoms with Crippen LogP contribution in [0.5, 0.6) is 0 Å². The lowest BCUT2D eigenvalue weighted by Crippen LogP contribution is -2.44. The number of aliphatic hydroxyl groups excluding tert-OH is 2. The Kier molecular flexibility index (Phi) is 9.54. The topological polar surface area (TPSA) is 197 Å². The van der Waals surface area contributed by atoms with E-state index in [4.69, 9.17) is 27.8 Å². The van der Waals surface area contributed by atoms with Crippen molar-refractivity contribution in [3.05, 3.63) is 46.9 Å². The van der Waals surface area contributed by atoms with Gasteiger partial charge in [-0.15, -0.1) is 0 Å². The second-order valence-electron chi connectivity index (χ2n) is 9.43. The van der Waals surface area contributed by atoms with E-state index in [1.165, 1.54) is 6.33 Å². The summed E-state index contributed by atoms with van der Waals surface area (Å²) in [5, 5.41) is 37.9. The Balaban J connectivity index is 1.35. The Bertz CT molecular complexity index is 1110. The van der Waals surface area contributed by atoms with Crippen molar-refractivity contribution in [2.75, 3.05) is 44.7 Å². The molecule has 1 fully saturated rings. The molecule has 0 amide bonds. The molecule has 9 N–H and O–H groups in total. The Labute approximate surface area is 225 Å². The van der Waals surface area contributed by atoms with Gasteiger partial charge in [0.1, 0.15) is 48.4 Å². The number of aromatic nitrogens is 2. The molecule has 0 spiro atoms. The third kappa shape index (κ3) is 6.80. The van der Waals surface area contributed by atoms with E-state index in [0.717, 1.165) is 18.5 Å². The minimum atomic E-state index is -1.21. The number of carbonyl (C=O) groups is 1. The summed E-state index contributed by atoms with van der Waals surface area (Å²) in [4.78, 5) is 21.6. The third-order valence-electron chi connectivity index (χ3n) is 6.76. The lowest BCUT2D eigenvalue weighted by Gasteiger charge is -2.27. The van der Waals surface area contributed by atoms with E-state index < -0.39 is 36.6 Å². The molecular weight excluding hydrogens is 516 g/mol. The highest BCUT2D eigenvalue weighted by atomic mass is 35.5. The average molecular weight is 551 g/mol. The fourth-order valence-corrected chi connectivity index (χ4v) is 4.67. The van der Waals surface area contributed by atoms with Gasteiger partial charge in [0.15, 0.2) is 6.23 Å². The Morgan fingerprint density at radius 1 is 1.26 bits per heavy atom. The van der Waals surface area contributed by atoms with E-state index in [1.807, 2.05) is 29.2 Å². The van der Waals surface area contributed by atoms with E-state index in [1.54, 1.807) is 4.57 Å². The van der Waals surface area contributed by atoms with Crippen LogP contribution in [0.3, 0.4) is 0 Å². The van der Waals surface area contributed by atoms with Crippen LogP contribution in [0.1, 0.15) is 23.9 Å². The zero-order valence-corrected chi connectivity index (χ0v) is 21.7. The van der Waals surface area contributed by atoms with Crippen LogP contribution in [0, 0.1) is 0 Å². The van der Waals surface area contributed by atoms with Crippen LogP contribution in [-0.4, -0.2) is 105 Å². The molecule has 4 rings (SSSR count). The van der Waals surface area contributed by atoms with Gasteiger partial charge in [0, 0.05) is 31.2 Å². The van der Waals surface area contributed by atoms with Gasteiger partial charge in [0.2, 0.25) is 0 Å². The molecule has 1 saturated heterocycles. The number of carboxylic acid groups (broad SMARTS) is 1. The summed E-state index contributed by atoms with van der Waals surface area (Å²) >= 11 is 5.94. The number of hydrogen-bond donors (Lipinski definition) is 7. The normalized spacial score (nSPS) is 23.7. The predicted octanol–water partition coefficient (Wildman–Crippen LogP) is -0.820. The number of aliphatic hydroxyl groups is 2. The van der Waals surface area contributed by atoms with E-state index in [0.29, 0.717) is 36.2 Å². The Morgan fingerprint density at radius 2 is 2.03 bits per heavy atom. The van der Waals surface area contributed by atoms with E-state index in [2.05, 4.69) is 20.6 Å². The van der Waals surface area contributed by atoms with Gasteiger partial charge in [-0.25, -0.2) is 9.98 Å². The van der Waals surface area contributed by atoms with Gasteiger partial charge in [-0.2, -0.15) is 0 Å². The van der Waals surface area contributed by atoms with Crippen molar-refractivity contribution in [3.8, 4) is 0 Å². The molecule has 1 aromatic heterocycles. The monoisotopic (exact) mass is 550 g/mol. The predicted molar refractivity (Wildman–Crippen MR) is 142 cm³/mol. The number of aliphatic carboxylic acids is 1. The first kappa shape index (κ1) is 28.2. The van der Waals surface area contributed by atoms with Gasteiger partial charge in [-0.3, -0.25) is 14.3 Å². The Morgan fingerprint density at radius 3 is 2.76 bits per heavy atom. The molecule has 38 heavy (non-hydrogen) atoms. The van der Waals surface area contributed by atoms with E-state index in [9.17, 15) is 20.1 Å². The molecule has 13 nitrogen and oxygen atoms in total. The quantitative estimate of drug-likeness (QED) is 0.154. The molecule has 5 atom stereocenters. The van der Waals surface area contributed by atoms with Crippen molar-refractivity contribution >= 4 is 29.2 Å². The summed E-state index contributed by atoms with van der Waals surface area (Å²) in [5.41, 5.74) is 13.3. The molecular formula is C24H35ClN8O5. The van der Waals surface area contributed by atoms with Crippen LogP contribution in [-0.2, 0) is 16.0 Å². The number of anilines is 1. The number of imidazole rings is 1. The van der Waals surface area contributed by atoms with Crippen molar-refractivity contribution in [1.82, 2.24) is 19.8 Å². The SMILES string of the molecule is NC1=NCNc2c1ncn2C1OC(CN(CCNCCc2ccc(Cl)cc2)CC[C@H](N)C(=O)O)[C@@H](O)[C@H]1O. The second-order valence-corrected chi connectivity index (χ2v) is 9.87. The first-order valence-electron chi connectivity index (χ1n) is 12.5. The molecule has 3 heterocycles. The van der Waals surface area contributed by atoms with Gasteiger partial charge in [0.25, 0.3) is 0 Å². The van der Waals surface area contributed by atoms with Crippen molar-refractivity contribution in [2.45, 2.75) is 43.4 Å². The van der Waals surface area contributed by atoms with Gasteiger partial charge in [-0.05, 0) is 37.1 Å². The highest BCUT2D eigenvalue weighted by Gasteiger charge is 2.45. The molecule has 2 aliphatic heterocycles. The molecule has 0 radical (unpaired) electrons. The fraction of sp³-hybridized carbons (Fsp3) is 0.542. The number of nitrogens with two attached hydrogens (primary N) is 2. The molecule has 2 aliphatic rings. The van der Waals surface area contributed by atoms with Crippen LogP contribution in [0.15, 0.2) is 35.6 Å². The number of hydrogen-bond acceptors (Lipinski definition) is 11. The zero-order valence-electron chi connectivity index (χ0n) is 20.9. The molecule has 2 unspecified atom stereocenters. The van der Waals surface area contributed by atoms with Gasteiger partial charge in [-0.1, -0.05) is 23.7 Å². The average Bonchev–Trinajstić information content (AvgIpc) is 3.45. The van der Waals surface area contributed by atoms with Crippen LogP contribution >= 0.6 is 11.6 Å². The van der Waals surface area contributed by atoms with E-state index >= 15 is 0 Å². The molecule has 0 saturated carbocycles. The van der Waals surface area contributed by atoms with Crippen LogP contribution < -0.4 is 22.1 Å². The van der Waals surface area contributed by atoms with Crippen LogP contribution in [0.25, 0.3) is 0 Å². The summed E-state index contributed by atoms with van der Waals surface area (Å²) in [6.45, 7) is 2.86. The smallest absolute Gasteiger partial charge is 0.320 e. The molecule has 14 heteroatoms. The number of amidine groups is 1. The van der Waals surface area contributed by atoms with Crippen LogP contribution in [0.4, 0.5) is 5.82 Å². The van der Waals surface area contributed by atoms with Crippen molar-refractivity contribution in [3.63, 3.8) is 0 Å². The molecule has 208 valence electrons. The van der Waals surface area contributed by atoms with Gasteiger partial charge < -0.3 is 42.2 Å². The minimum Gasteiger partial charge on any atom is -0.480 e. The maximum absolute atomic E-state index is 11.2. The summed E-state index contributed by atoms with van der Waals surface area (Å²) in [6, 6.07) is 6.68. The maximum Gasteiger partial charge on any atom is 0.320 e. The summed E-state index contributed by atoms with van der Waals surface area (Å²) in [7, 11) is 0. The van der Waals surface area contributed by atoms with Crippen molar-refractivity contribution < 1.29 is 24.9 Å². The number of benzene rings is 1. The lowest BCUT2D eigenvalue weighted by molar-refractivity contribution is -0.138. The zero-order chi connectivity index (χ0) is 27.2. The van der Waals surface area contributed by atoms with E-state index in [-0.39, 0.29) is 25.5 Å². The highest BCUT2D eigenvalue weighted by Crippen LogP contribution is 2.33. The first-order valence-corrected chi connectivity index (χ1v) is 12.9. The second kappa shape index (κ2) is 12.8. The first-order chi connectivity index (χ1) is 18.2. The summed E-state index contributed by atoms with van der Waals surface area (Å²) in [5.74, 6) is -0.228. The fourth-order valence-electron chi connectivity index (χ4n) is 4.54. The minimum absolute atomic E-state index is 0.229. The number of carboxylic acids is 1. The molecule has 0 bridgehead atoms. The largest absolute Gasteiger partial charge is 0.480 e. The van der Waals surface area contributed by atoms with Crippen molar-refractivity contribution in [2.24, 2.45) is 16.5 Å². The van der Waals surface area contributed by atoms with Crippen LogP contribution in [0.2, 0.25) is 5.02 Å². The number of ether oxygens (including phenoxy) is 1. The Hall–Kier alpha value is -2.78. The maximum atomic E-state index is 11.2. The van der Waals surface area contributed by atoms with Gasteiger partial charge >= 0.3 is 5.97 Å². The van der Waals surface area contributed by atoms with Crippen molar-refractivity contribution in [1.29, 1.82) is 0 Å². The van der Waals surface area contributed by atoms with Gasteiger partial charge in [0.05, 0.1) is 6.33 Å². The summed E-state index contributed by atoms with van der Waals surface area (Å²) in [6.07, 6.45) is -1.43. The number of nitrogens with zero attached hydrogens (tertiary/aromatic N) is 4. The highest BCUT2D eigenvalue weighted by molar-refractivity contribution is 6.30. The summed E-state index contributed by atoms with van der Waals surface area (Å²) < 4.78 is 7.70. The number of fused-ring (bicyclic) bond motifs is 1. The lowest BCUT2D eigenvalue weighted by atomic mass is 10.1. The standard InChI is InChI=1S/C24H35ClN8O5/c25-15-3-1-14(2-4-15)5-7-28-8-10-32(9-6-16(26)24(36)37)11-17-19(34)20(35)23(38-17)33-13-31-18-21(27)29-12-30-22(18)33/h1-4,13,16-17,19-20,23,28,30,34-35H,5-12,26H2,(H2,27,29)(H,36,37)/t16-,17?,19+,20+,23?/m0/s1. The molecule has 2 aromatic rings. The number of aliphatic imine (C=N–C) groups is 1. The number of halogens is 1. The molecule has 1 aromatic carbocycles. The third-order valence-corrected chi connectivity index (χ3v) is 7.02. The molecule has 0 aliphatic carbocycles.